The van der Waals surface area contributed by atoms with Gasteiger partial charge in [-0.3, -0.25) is 9.10 Å². The topological polar surface area (TPSA) is 66.5 Å². The zero-order valence-electron chi connectivity index (χ0n) is 16.9. The lowest BCUT2D eigenvalue weighted by Gasteiger charge is -2.31. The van der Waals surface area contributed by atoms with Crippen molar-refractivity contribution in [3.05, 3.63) is 64.2 Å². The number of nitrogens with zero attached hydrogens (tertiary/aromatic N) is 1. The molecule has 0 saturated carbocycles. The summed E-state index contributed by atoms with van der Waals surface area (Å²) in [6.07, 6.45) is 1.42. The Morgan fingerprint density at radius 2 is 1.86 bits per heavy atom. The third-order valence-electron chi connectivity index (χ3n) is 4.65. The SMILES string of the molecule is CC[C@@H](C(=O)N[C@H](C)c1cc(C)ccc1C)N(c1cccc(Cl)c1)S(C)(=O)=O. The fraction of sp³-hybridized carbons (Fsp3) is 0.381. The van der Waals surface area contributed by atoms with Crippen molar-refractivity contribution in [1.29, 1.82) is 0 Å². The van der Waals surface area contributed by atoms with Crippen LogP contribution < -0.4 is 9.62 Å². The molecule has 0 unspecified atom stereocenters. The Bertz CT molecular complexity index is 960. The van der Waals surface area contributed by atoms with E-state index in [1.165, 1.54) is 0 Å². The van der Waals surface area contributed by atoms with Crippen LogP contribution in [-0.4, -0.2) is 26.6 Å². The van der Waals surface area contributed by atoms with Crippen molar-refractivity contribution < 1.29 is 13.2 Å². The maximum absolute atomic E-state index is 13.1. The normalized spacial score (nSPS) is 13.6. The van der Waals surface area contributed by atoms with Gasteiger partial charge < -0.3 is 5.32 Å². The maximum atomic E-state index is 13.1. The fourth-order valence-corrected chi connectivity index (χ4v) is 4.68. The molecular formula is C21H27ClN2O3S. The van der Waals surface area contributed by atoms with Crippen molar-refractivity contribution in [3.8, 4) is 0 Å². The fourth-order valence-electron chi connectivity index (χ4n) is 3.29. The Morgan fingerprint density at radius 1 is 1.18 bits per heavy atom. The number of rotatable bonds is 7. The average molecular weight is 423 g/mol. The number of halogens is 1. The van der Waals surface area contributed by atoms with Crippen LogP contribution >= 0.6 is 11.6 Å². The molecule has 0 aliphatic rings. The molecule has 0 aromatic heterocycles. The molecule has 2 atom stereocenters. The zero-order chi connectivity index (χ0) is 21.1. The van der Waals surface area contributed by atoms with Crippen LogP contribution in [0.2, 0.25) is 5.02 Å². The molecule has 152 valence electrons. The van der Waals surface area contributed by atoms with Gasteiger partial charge in [0.15, 0.2) is 0 Å². The minimum Gasteiger partial charge on any atom is -0.348 e. The van der Waals surface area contributed by atoms with Crippen LogP contribution in [0.25, 0.3) is 0 Å². The summed E-state index contributed by atoms with van der Waals surface area (Å²) in [5.74, 6) is -0.346. The van der Waals surface area contributed by atoms with E-state index in [-0.39, 0.29) is 11.9 Å². The lowest BCUT2D eigenvalue weighted by Crippen LogP contribution is -2.49. The number of hydrogen-bond donors (Lipinski definition) is 1. The number of amides is 1. The van der Waals surface area contributed by atoms with Gasteiger partial charge in [-0.15, -0.1) is 0 Å². The monoisotopic (exact) mass is 422 g/mol. The molecule has 0 spiro atoms. The highest BCUT2D eigenvalue weighted by Gasteiger charge is 2.32. The summed E-state index contributed by atoms with van der Waals surface area (Å²) < 4.78 is 26.2. The Labute approximate surface area is 172 Å². The Kier molecular flexibility index (Phi) is 7.12. The standard InChI is InChI=1S/C21H27ClN2O3S/c1-6-20(24(28(5,26)27)18-9-7-8-17(22)13-18)21(25)23-16(4)19-12-14(2)10-11-15(19)3/h7-13,16,20H,6H2,1-5H3,(H,23,25)/t16-,20+/m1/s1. The van der Waals surface area contributed by atoms with Gasteiger partial charge in [0, 0.05) is 5.02 Å². The molecule has 2 aromatic rings. The highest BCUT2D eigenvalue weighted by molar-refractivity contribution is 7.92. The molecule has 0 bridgehead atoms. The molecule has 1 N–H and O–H groups in total. The minimum absolute atomic E-state index is 0.248. The van der Waals surface area contributed by atoms with Gasteiger partial charge in [0.05, 0.1) is 18.0 Å². The van der Waals surface area contributed by atoms with Crippen molar-refractivity contribution >= 4 is 33.2 Å². The third kappa shape index (κ3) is 5.26. The quantitative estimate of drug-likeness (QED) is 0.720. The minimum atomic E-state index is -3.69. The molecular weight excluding hydrogens is 396 g/mol. The molecule has 0 heterocycles. The molecule has 2 rings (SSSR count). The van der Waals surface area contributed by atoms with Gasteiger partial charge in [0.25, 0.3) is 0 Å². The van der Waals surface area contributed by atoms with Crippen LogP contribution in [0.5, 0.6) is 0 Å². The summed E-state index contributed by atoms with van der Waals surface area (Å²) in [4.78, 5) is 13.1. The lowest BCUT2D eigenvalue weighted by atomic mass is 9.99. The smallest absolute Gasteiger partial charge is 0.244 e. The highest BCUT2D eigenvalue weighted by atomic mass is 35.5. The first-order valence-electron chi connectivity index (χ1n) is 9.17. The average Bonchev–Trinajstić information content (AvgIpc) is 2.60. The number of sulfonamides is 1. The zero-order valence-corrected chi connectivity index (χ0v) is 18.4. The van der Waals surface area contributed by atoms with Gasteiger partial charge >= 0.3 is 0 Å². The van der Waals surface area contributed by atoms with E-state index in [0.29, 0.717) is 17.1 Å². The number of anilines is 1. The number of carbonyl (C=O) groups excluding carboxylic acids is 1. The predicted molar refractivity (Wildman–Crippen MR) is 115 cm³/mol. The van der Waals surface area contributed by atoms with Crippen LogP contribution in [0.15, 0.2) is 42.5 Å². The number of aryl methyl sites for hydroxylation is 2. The summed E-state index contributed by atoms with van der Waals surface area (Å²) in [6, 6.07) is 11.5. The van der Waals surface area contributed by atoms with Crippen LogP contribution in [0.4, 0.5) is 5.69 Å². The van der Waals surface area contributed by atoms with Crippen LogP contribution in [0.3, 0.4) is 0 Å². The summed E-state index contributed by atoms with van der Waals surface area (Å²) in [5, 5.41) is 3.38. The molecule has 0 aliphatic heterocycles. The van der Waals surface area contributed by atoms with Crippen molar-refractivity contribution in [2.45, 2.75) is 46.2 Å². The molecule has 0 aliphatic carbocycles. The molecule has 1 amide bonds. The van der Waals surface area contributed by atoms with Crippen LogP contribution in [-0.2, 0) is 14.8 Å². The van der Waals surface area contributed by atoms with E-state index >= 15 is 0 Å². The molecule has 0 fully saturated rings. The van der Waals surface area contributed by atoms with E-state index < -0.39 is 16.1 Å². The predicted octanol–water partition coefficient (Wildman–Crippen LogP) is 4.38. The molecule has 0 radical (unpaired) electrons. The van der Waals surface area contributed by atoms with Gasteiger partial charge in [-0.2, -0.15) is 0 Å². The maximum Gasteiger partial charge on any atom is 0.244 e. The van der Waals surface area contributed by atoms with Crippen molar-refractivity contribution in [3.63, 3.8) is 0 Å². The molecule has 2 aromatic carbocycles. The molecule has 28 heavy (non-hydrogen) atoms. The second-order valence-corrected chi connectivity index (χ2v) is 9.35. The summed E-state index contributed by atoms with van der Waals surface area (Å²) in [6.45, 7) is 7.67. The van der Waals surface area contributed by atoms with E-state index in [1.807, 2.05) is 39.0 Å². The van der Waals surface area contributed by atoms with Crippen molar-refractivity contribution in [2.24, 2.45) is 0 Å². The first kappa shape index (κ1) is 22.2. The van der Waals surface area contributed by atoms with E-state index in [1.54, 1.807) is 31.2 Å². The molecule has 5 nitrogen and oxygen atoms in total. The lowest BCUT2D eigenvalue weighted by molar-refractivity contribution is -0.122. The number of nitrogens with one attached hydrogen (secondary N) is 1. The summed E-state index contributed by atoms with van der Waals surface area (Å²) in [5.41, 5.74) is 3.56. The van der Waals surface area contributed by atoms with Crippen molar-refractivity contribution in [2.75, 3.05) is 10.6 Å². The molecule has 7 heteroatoms. The first-order valence-corrected chi connectivity index (χ1v) is 11.4. The van der Waals surface area contributed by atoms with E-state index in [9.17, 15) is 13.2 Å². The van der Waals surface area contributed by atoms with E-state index in [4.69, 9.17) is 11.6 Å². The van der Waals surface area contributed by atoms with Gasteiger partial charge in [0.2, 0.25) is 15.9 Å². The Balaban J connectivity index is 2.35. The van der Waals surface area contributed by atoms with E-state index in [2.05, 4.69) is 5.32 Å². The third-order valence-corrected chi connectivity index (χ3v) is 6.07. The largest absolute Gasteiger partial charge is 0.348 e. The van der Waals surface area contributed by atoms with E-state index in [0.717, 1.165) is 27.3 Å². The number of hydrogen-bond acceptors (Lipinski definition) is 3. The number of benzene rings is 2. The van der Waals surface area contributed by atoms with Gasteiger partial charge in [-0.05, 0) is 56.5 Å². The summed E-state index contributed by atoms with van der Waals surface area (Å²) >= 11 is 6.04. The highest BCUT2D eigenvalue weighted by Crippen LogP contribution is 2.26. The van der Waals surface area contributed by atoms with Gasteiger partial charge in [-0.1, -0.05) is 48.4 Å². The van der Waals surface area contributed by atoms with Crippen LogP contribution in [0.1, 0.15) is 43.0 Å². The van der Waals surface area contributed by atoms with Gasteiger partial charge in [-0.25, -0.2) is 8.42 Å². The Hall–Kier alpha value is -2.05. The summed E-state index contributed by atoms with van der Waals surface area (Å²) in [7, 11) is -3.69. The van der Waals surface area contributed by atoms with Crippen LogP contribution in [0, 0.1) is 13.8 Å². The first-order chi connectivity index (χ1) is 13.0. The number of carbonyl (C=O) groups is 1. The Morgan fingerprint density at radius 3 is 2.43 bits per heavy atom. The van der Waals surface area contributed by atoms with Gasteiger partial charge in [0.1, 0.15) is 6.04 Å². The molecule has 0 saturated heterocycles. The second-order valence-electron chi connectivity index (χ2n) is 7.05. The second kappa shape index (κ2) is 8.97. The van der Waals surface area contributed by atoms with Crippen molar-refractivity contribution in [1.82, 2.24) is 5.32 Å².